The van der Waals surface area contributed by atoms with Gasteiger partial charge in [0.25, 0.3) is 0 Å². The van der Waals surface area contributed by atoms with Gasteiger partial charge in [0.15, 0.2) is 0 Å². The lowest BCUT2D eigenvalue weighted by Crippen LogP contribution is -2.52. The largest absolute Gasteiger partial charge is 0.444 e. The maximum Gasteiger partial charge on any atom is 0.407 e. The van der Waals surface area contributed by atoms with Crippen LogP contribution in [0.15, 0.2) is 0 Å². The van der Waals surface area contributed by atoms with Gasteiger partial charge in [-0.2, -0.15) is 11.8 Å². The van der Waals surface area contributed by atoms with E-state index in [0.29, 0.717) is 6.54 Å². The summed E-state index contributed by atoms with van der Waals surface area (Å²) < 4.78 is 5.16. The normalized spacial score (nSPS) is 20.2. The Bertz CT molecular complexity index is 245. The van der Waals surface area contributed by atoms with Gasteiger partial charge in [0.05, 0.1) is 0 Å². The number of amides is 1. The van der Waals surface area contributed by atoms with Gasteiger partial charge in [-0.3, -0.25) is 0 Å². The molecule has 1 saturated heterocycles. The Morgan fingerprint density at radius 2 is 2.00 bits per heavy atom. The molecule has 0 spiro atoms. The first-order valence-electron chi connectivity index (χ1n) is 5.64. The summed E-state index contributed by atoms with van der Waals surface area (Å²) in [7, 11) is 0. The van der Waals surface area contributed by atoms with Crippen LogP contribution in [0.4, 0.5) is 4.79 Å². The summed E-state index contributed by atoms with van der Waals surface area (Å²) in [6.45, 7) is 6.05. The second-order valence-electron chi connectivity index (χ2n) is 5.33. The van der Waals surface area contributed by atoms with E-state index in [4.69, 9.17) is 10.5 Å². The number of carbonyl (C=O) groups excluding carboxylic acids is 1. The lowest BCUT2D eigenvalue weighted by molar-refractivity contribution is 0.0513. The molecule has 0 radical (unpaired) electrons. The molecular weight excluding hydrogens is 224 g/mol. The van der Waals surface area contributed by atoms with Gasteiger partial charge in [-0.15, -0.1) is 0 Å². The van der Waals surface area contributed by atoms with Crippen LogP contribution in [0.2, 0.25) is 0 Å². The summed E-state index contributed by atoms with van der Waals surface area (Å²) in [5, 5.41) is 2.75. The van der Waals surface area contributed by atoms with Gasteiger partial charge in [0.1, 0.15) is 5.60 Å². The highest BCUT2D eigenvalue weighted by Gasteiger charge is 2.28. The van der Waals surface area contributed by atoms with Crippen molar-refractivity contribution in [3.05, 3.63) is 0 Å². The van der Waals surface area contributed by atoms with Crippen molar-refractivity contribution in [1.82, 2.24) is 5.32 Å². The first-order chi connectivity index (χ1) is 7.31. The van der Waals surface area contributed by atoms with Crippen molar-refractivity contribution in [2.75, 3.05) is 18.1 Å². The molecule has 0 bridgehead atoms. The van der Waals surface area contributed by atoms with E-state index in [-0.39, 0.29) is 11.6 Å². The van der Waals surface area contributed by atoms with Gasteiger partial charge in [-0.25, -0.2) is 4.79 Å². The van der Waals surface area contributed by atoms with Crippen LogP contribution in [0.25, 0.3) is 0 Å². The number of rotatable bonds is 2. The molecular formula is C11H22N2O2S. The molecule has 1 rings (SSSR count). The van der Waals surface area contributed by atoms with Crippen LogP contribution in [0, 0.1) is 0 Å². The van der Waals surface area contributed by atoms with E-state index >= 15 is 0 Å². The smallest absolute Gasteiger partial charge is 0.407 e. The van der Waals surface area contributed by atoms with Gasteiger partial charge in [-0.1, -0.05) is 0 Å². The fourth-order valence-corrected chi connectivity index (χ4v) is 2.82. The van der Waals surface area contributed by atoms with Crippen molar-refractivity contribution in [1.29, 1.82) is 0 Å². The second kappa shape index (κ2) is 5.27. The molecule has 0 aromatic heterocycles. The molecule has 0 unspecified atom stereocenters. The minimum absolute atomic E-state index is 0.248. The molecule has 1 fully saturated rings. The van der Waals surface area contributed by atoms with E-state index in [0.717, 1.165) is 24.3 Å². The van der Waals surface area contributed by atoms with Crippen molar-refractivity contribution in [3.63, 3.8) is 0 Å². The Balaban J connectivity index is 2.30. The fraction of sp³-hybridized carbons (Fsp3) is 0.909. The number of alkyl carbamates (subject to hydrolysis) is 1. The van der Waals surface area contributed by atoms with Crippen LogP contribution in [-0.2, 0) is 4.74 Å². The molecule has 4 nitrogen and oxygen atoms in total. The van der Waals surface area contributed by atoms with Crippen molar-refractivity contribution in [2.24, 2.45) is 5.73 Å². The highest BCUT2D eigenvalue weighted by Crippen LogP contribution is 2.24. The molecule has 0 saturated carbocycles. The third-order valence-electron chi connectivity index (χ3n) is 2.47. The lowest BCUT2D eigenvalue weighted by Gasteiger charge is -2.33. The number of hydrogen-bond acceptors (Lipinski definition) is 4. The van der Waals surface area contributed by atoms with Crippen molar-refractivity contribution >= 4 is 17.9 Å². The van der Waals surface area contributed by atoms with Crippen molar-refractivity contribution < 1.29 is 9.53 Å². The summed E-state index contributed by atoms with van der Waals surface area (Å²) in [6.07, 6.45) is 1.52. The minimum atomic E-state index is -0.450. The van der Waals surface area contributed by atoms with Crippen LogP contribution in [0.3, 0.4) is 0 Å². The molecule has 1 aliphatic rings. The van der Waals surface area contributed by atoms with E-state index in [1.165, 1.54) is 0 Å². The predicted octanol–water partition coefficient (Wildman–Crippen LogP) is 1.74. The summed E-state index contributed by atoms with van der Waals surface area (Å²) in [5.41, 5.74) is 5.49. The molecule has 0 atom stereocenters. The quantitative estimate of drug-likeness (QED) is 0.779. The maximum atomic E-state index is 11.4. The lowest BCUT2D eigenvalue weighted by atomic mass is 9.94. The summed E-state index contributed by atoms with van der Waals surface area (Å²) in [5.74, 6) is 2.15. The number of thioether (sulfide) groups is 1. The van der Waals surface area contributed by atoms with Gasteiger partial charge in [0, 0.05) is 12.1 Å². The van der Waals surface area contributed by atoms with E-state index in [1.54, 1.807) is 0 Å². The Morgan fingerprint density at radius 1 is 1.44 bits per heavy atom. The predicted molar refractivity (Wildman–Crippen MR) is 67.7 cm³/mol. The number of nitrogens with two attached hydrogens (primary N) is 1. The van der Waals surface area contributed by atoms with Crippen LogP contribution >= 0.6 is 11.8 Å². The van der Waals surface area contributed by atoms with Crippen LogP contribution in [-0.4, -0.2) is 35.3 Å². The number of carbonyl (C=O) groups is 1. The van der Waals surface area contributed by atoms with Crippen molar-refractivity contribution in [2.45, 2.75) is 44.8 Å². The molecule has 0 aromatic carbocycles. The average Bonchev–Trinajstić information content (AvgIpc) is 2.14. The molecule has 16 heavy (non-hydrogen) atoms. The molecule has 0 aliphatic carbocycles. The summed E-state index contributed by atoms with van der Waals surface area (Å²) in [4.78, 5) is 11.4. The Kier molecular flexibility index (Phi) is 4.50. The van der Waals surface area contributed by atoms with E-state index < -0.39 is 5.60 Å². The molecule has 94 valence electrons. The third-order valence-corrected chi connectivity index (χ3v) is 3.46. The van der Waals surface area contributed by atoms with E-state index in [2.05, 4.69) is 5.32 Å². The molecule has 1 amide bonds. The number of hydrogen-bond donors (Lipinski definition) is 2. The standard InChI is InChI=1S/C11H22N2O2S/c1-10(2,3)15-9(14)13-8-11(12)4-6-16-7-5-11/h4-8,12H2,1-3H3,(H,13,14). The van der Waals surface area contributed by atoms with Gasteiger partial charge < -0.3 is 15.8 Å². The highest BCUT2D eigenvalue weighted by molar-refractivity contribution is 7.99. The van der Waals surface area contributed by atoms with Gasteiger partial charge >= 0.3 is 6.09 Å². The molecule has 1 heterocycles. The summed E-state index contributed by atoms with van der Waals surface area (Å²) in [6, 6.07) is 0. The first kappa shape index (κ1) is 13.6. The Morgan fingerprint density at radius 3 is 2.50 bits per heavy atom. The second-order valence-corrected chi connectivity index (χ2v) is 6.55. The zero-order valence-electron chi connectivity index (χ0n) is 10.3. The zero-order valence-corrected chi connectivity index (χ0v) is 11.2. The Labute approximate surface area is 102 Å². The highest BCUT2D eigenvalue weighted by atomic mass is 32.2. The van der Waals surface area contributed by atoms with E-state index in [9.17, 15) is 4.79 Å². The molecule has 1 aliphatic heterocycles. The molecule has 5 heteroatoms. The topological polar surface area (TPSA) is 64.3 Å². The van der Waals surface area contributed by atoms with Gasteiger partial charge in [0.2, 0.25) is 0 Å². The fourth-order valence-electron chi connectivity index (χ4n) is 1.52. The summed E-state index contributed by atoms with van der Waals surface area (Å²) >= 11 is 1.92. The van der Waals surface area contributed by atoms with Crippen LogP contribution in [0.1, 0.15) is 33.6 Å². The van der Waals surface area contributed by atoms with Gasteiger partial charge in [-0.05, 0) is 45.1 Å². The first-order valence-corrected chi connectivity index (χ1v) is 6.80. The maximum absolute atomic E-state index is 11.4. The monoisotopic (exact) mass is 246 g/mol. The van der Waals surface area contributed by atoms with Crippen LogP contribution < -0.4 is 11.1 Å². The number of ether oxygens (including phenoxy) is 1. The van der Waals surface area contributed by atoms with E-state index in [1.807, 2.05) is 32.5 Å². The van der Waals surface area contributed by atoms with Crippen molar-refractivity contribution in [3.8, 4) is 0 Å². The van der Waals surface area contributed by atoms with Crippen LogP contribution in [0.5, 0.6) is 0 Å². The SMILES string of the molecule is CC(C)(C)OC(=O)NCC1(N)CCSCC1. The zero-order chi connectivity index (χ0) is 12.2. The Hall–Kier alpha value is -0.420. The molecule has 3 N–H and O–H groups in total. The number of nitrogens with one attached hydrogen (secondary N) is 1. The molecule has 0 aromatic rings. The third kappa shape index (κ3) is 5.07. The minimum Gasteiger partial charge on any atom is -0.444 e. The average molecular weight is 246 g/mol.